The molecule has 102 valence electrons. The zero-order chi connectivity index (χ0) is 13.4. The van der Waals surface area contributed by atoms with Gasteiger partial charge in [-0.05, 0) is 43.9 Å². The van der Waals surface area contributed by atoms with Gasteiger partial charge in [-0.1, -0.05) is 11.6 Å². The maximum absolute atomic E-state index is 13.6. The number of hydrogen-bond acceptors (Lipinski definition) is 2. The van der Waals surface area contributed by atoms with E-state index in [1.165, 1.54) is 31.0 Å². The molecule has 2 atom stereocenters. The molecule has 1 aromatic rings. The molecule has 2 saturated heterocycles. The predicted molar refractivity (Wildman–Crippen MR) is 71.8 cm³/mol. The van der Waals surface area contributed by atoms with Gasteiger partial charge in [0.2, 0.25) is 0 Å². The van der Waals surface area contributed by atoms with E-state index < -0.39 is 5.82 Å². The summed E-state index contributed by atoms with van der Waals surface area (Å²) in [6.45, 7) is 0. The van der Waals surface area contributed by atoms with E-state index in [0.29, 0.717) is 17.1 Å². The molecule has 2 N–H and O–H groups in total. The molecule has 0 saturated carbocycles. The van der Waals surface area contributed by atoms with Crippen molar-refractivity contribution in [2.75, 3.05) is 0 Å². The first-order valence-electron chi connectivity index (χ1n) is 6.64. The fraction of sp³-hybridized carbons (Fsp3) is 0.500. The Labute approximate surface area is 116 Å². The zero-order valence-electron chi connectivity index (χ0n) is 10.5. The third kappa shape index (κ3) is 2.74. The highest BCUT2D eigenvalue weighted by atomic mass is 35.5. The maximum Gasteiger partial charge on any atom is 0.254 e. The van der Waals surface area contributed by atoms with E-state index in [0.717, 1.165) is 12.8 Å². The quantitative estimate of drug-likeness (QED) is 0.875. The number of carbonyl (C=O) groups excluding carboxylic acids is 1. The van der Waals surface area contributed by atoms with Gasteiger partial charge in [-0.25, -0.2) is 4.39 Å². The topological polar surface area (TPSA) is 41.1 Å². The number of amides is 1. The van der Waals surface area contributed by atoms with Gasteiger partial charge in [-0.3, -0.25) is 4.79 Å². The van der Waals surface area contributed by atoms with E-state index in [1.807, 2.05) is 0 Å². The highest BCUT2D eigenvalue weighted by Crippen LogP contribution is 2.27. The number of benzene rings is 1. The first-order valence-corrected chi connectivity index (χ1v) is 7.01. The Morgan fingerprint density at radius 1 is 1.32 bits per heavy atom. The van der Waals surface area contributed by atoms with Crippen molar-refractivity contribution in [3.05, 3.63) is 34.6 Å². The first-order chi connectivity index (χ1) is 9.11. The molecule has 0 radical (unpaired) electrons. The molecule has 5 heteroatoms. The lowest BCUT2D eigenvalue weighted by Gasteiger charge is -2.29. The Bertz CT molecular complexity index is 496. The smallest absolute Gasteiger partial charge is 0.254 e. The zero-order valence-corrected chi connectivity index (χ0v) is 11.2. The molecule has 2 fully saturated rings. The third-order valence-corrected chi connectivity index (χ3v) is 4.22. The van der Waals surface area contributed by atoms with Crippen molar-refractivity contribution in [1.29, 1.82) is 0 Å². The number of carbonyl (C=O) groups is 1. The second-order valence-electron chi connectivity index (χ2n) is 5.40. The molecule has 2 aliphatic heterocycles. The Morgan fingerprint density at radius 2 is 2.00 bits per heavy atom. The van der Waals surface area contributed by atoms with Crippen LogP contribution >= 0.6 is 11.6 Å². The van der Waals surface area contributed by atoms with E-state index in [2.05, 4.69) is 10.6 Å². The molecular formula is C14H16ClFN2O. The van der Waals surface area contributed by atoms with Crippen LogP contribution in [-0.2, 0) is 0 Å². The van der Waals surface area contributed by atoms with Crippen molar-refractivity contribution < 1.29 is 9.18 Å². The largest absolute Gasteiger partial charge is 0.349 e. The minimum atomic E-state index is -0.529. The van der Waals surface area contributed by atoms with E-state index in [4.69, 9.17) is 11.6 Å². The fourth-order valence-electron chi connectivity index (χ4n) is 3.11. The van der Waals surface area contributed by atoms with Gasteiger partial charge < -0.3 is 10.6 Å². The number of hydrogen-bond donors (Lipinski definition) is 2. The van der Waals surface area contributed by atoms with Gasteiger partial charge in [0, 0.05) is 23.1 Å². The van der Waals surface area contributed by atoms with Gasteiger partial charge in [0.25, 0.3) is 5.91 Å². The minimum absolute atomic E-state index is 0.0263. The van der Waals surface area contributed by atoms with Crippen molar-refractivity contribution in [3.63, 3.8) is 0 Å². The summed E-state index contributed by atoms with van der Waals surface area (Å²) in [7, 11) is 0. The van der Waals surface area contributed by atoms with Gasteiger partial charge in [-0.15, -0.1) is 0 Å². The van der Waals surface area contributed by atoms with E-state index >= 15 is 0 Å². The number of nitrogens with one attached hydrogen (secondary N) is 2. The van der Waals surface area contributed by atoms with Gasteiger partial charge in [0.1, 0.15) is 5.82 Å². The third-order valence-electron chi connectivity index (χ3n) is 3.98. The maximum atomic E-state index is 13.6. The molecule has 1 amide bonds. The van der Waals surface area contributed by atoms with Crippen LogP contribution in [0.3, 0.4) is 0 Å². The summed E-state index contributed by atoms with van der Waals surface area (Å²) in [5, 5.41) is 6.81. The van der Waals surface area contributed by atoms with Crippen molar-refractivity contribution in [3.8, 4) is 0 Å². The van der Waals surface area contributed by atoms with Crippen LogP contribution < -0.4 is 10.6 Å². The Kier molecular flexibility index (Phi) is 3.46. The molecule has 0 spiro atoms. The summed E-state index contributed by atoms with van der Waals surface area (Å²) < 4.78 is 13.6. The molecule has 19 heavy (non-hydrogen) atoms. The van der Waals surface area contributed by atoms with Crippen molar-refractivity contribution >= 4 is 17.5 Å². The molecule has 2 aliphatic rings. The van der Waals surface area contributed by atoms with Crippen LogP contribution in [0.5, 0.6) is 0 Å². The summed E-state index contributed by atoms with van der Waals surface area (Å²) in [4.78, 5) is 12.1. The van der Waals surface area contributed by atoms with Crippen LogP contribution in [0.2, 0.25) is 5.02 Å². The van der Waals surface area contributed by atoms with Gasteiger partial charge >= 0.3 is 0 Å². The van der Waals surface area contributed by atoms with Gasteiger partial charge in [0.05, 0.1) is 5.56 Å². The highest BCUT2D eigenvalue weighted by molar-refractivity contribution is 6.31. The fourth-order valence-corrected chi connectivity index (χ4v) is 3.28. The highest BCUT2D eigenvalue weighted by Gasteiger charge is 2.34. The average Bonchev–Trinajstić information content (AvgIpc) is 2.71. The second-order valence-corrected chi connectivity index (χ2v) is 5.84. The van der Waals surface area contributed by atoms with Gasteiger partial charge in [0.15, 0.2) is 0 Å². The minimum Gasteiger partial charge on any atom is -0.349 e. The summed E-state index contributed by atoms with van der Waals surface area (Å²) >= 11 is 5.80. The number of halogens is 2. The molecule has 1 aromatic carbocycles. The SMILES string of the molecule is O=C(NC1CC2CCC(C1)N2)c1cc(Cl)ccc1F. The normalized spacial score (nSPS) is 29.3. The van der Waals surface area contributed by atoms with Crippen LogP contribution in [0.4, 0.5) is 4.39 Å². The molecule has 3 nitrogen and oxygen atoms in total. The Balaban J connectivity index is 1.69. The van der Waals surface area contributed by atoms with Crippen LogP contribution in [0, 0.1) is 5.82 Å². The second kappa shape index (κ2) is 5.10. The van der Waals surface area contributed by atoms with E-state index in [-0.39, 0.29) is 17.5 Å². The van der Waals surface area contributed by atoms with E-state index in [1.54, 1.807) is 0 Å². The molecule has 3 rings (SSSR count). The van der Waals surface area contributed by atoms with Crippen molar-refractivity contribution in [2.24, 2.45) is 0 Å². The number of rotatable bonds is 2. The molecule has 2 heterocycles. The van der Waals surface area contributed by atoms with Crippen LogP contribution in [0.15, 0.2) is 18.2 Å². The molecule has 0 aromatic heterocycles. The van der Waals surface area contributed by atoms with Crippen LogP contribution in [-0.4, -0.2) is 24.0 Å². The van der Waals surface area contributed by atoms with Crippen molar-refractivity contribution in [2.45, 2.75) is 43.8 Å². The molecular weight excluding hydrogens is 267 g/mol. The number of fused-ring (bicyclic) bond motifs is 2. The first kappa shape index (κ1) is 12.9. The Hall–Kier alpha value is -1.13. The van der Waals surface area contributed by atoms with Crippen molar-refractivity contribution in [1.82, 2.24) is 10.6 Å². The summed E-state index contributed by atoms with van der Waals surface area (Å²) in [5.74, 6) is -0.898. The molecule has 0 aliphatic carbocycles. The lowest BCUT2D eigenvalue weighted by Crippen LogP contribution is -2.48. The average molecular weight is 283 g/mol. The standard InChI is InChI=1S/C14H16ClFN2O/c15-8-1-4-13(16)12(5-8)14(19)18-11-6-9-2-3-10(7-11)17-9/h1,4-5,9-11,17H,2-3,6-7H2,(H,18,19). The molecule has 2 unspecified atom stereocenters. The number of piperidine rings is 1. The summed E-state index contributed by atoms with van der Waals surface area (Å²) in [5.41, 5.74) is 0.0263. The van der Waals surface area contributed by atoms with E-state index in [9.17, 15) is 9.18 Å². The lowest BCUT2D eigenvalue weighted by atomic mass is 9.99. The summed E-state index contributed by atoms with van der Waals surface area (Å²) in [6.07, 6.45) is 4.18. The predicted octanol–water partition coefficient (Wildman–Crippen LogP) is 2.49. The molecule has 2 bridgehead atoms. The Morgan fingerprint density at radius 3 is 2.68 bits per heavy atom. The monoisotopic (exact) mass is 282 g/mol. The summed E-state index contributed by atoms with van der Waals surface area (Å²) in [6, 6.07) is 5.16. The van der Waals surface area contributed by atoms with Crippen LogP contribution in [0.1, 0.15) is 36.0 Å². The van der Waals surface area contributed by atoms with Gasteiger partial charge in [-0.2, -0.15) is 0 Å². The van der Waals surface area contributed by atoms with Crippen LogP contribution in [0.25, 0.3) is 0 Å². The lowest BCUT2D eigenvalue weighted by molar-refractivity contribution is 0.0920.